The molecule has 0 saturated carbocycles. The highest BCUT2D eigenvalue weighted by Crippen LogP contribution is 2.30. The first-order valence-electron chi connectivity index (χ1n) is 5.79. The molecule has 6 heteroatoms. The molecule has 5 nitrogen and oxygen atoms in total. The number of H-pyrrole nitrogens is 1. The molecule has 2 N–H and O–H groups in total. The van der Waals surface area contributed by atoms with Gasteiger partial charge in [0.2, 0.25) is 5.91 Å². The van der Waals surface area contributed by atoms with Crippen molar-refractivity contribution in [3.63, 3.8) is 0 Å². The highest BCUT2D eigenvalue weighted by Gasteiger charge is 2.19. The molecule has 100 valence electrons. The van der Waals surface area contributed by atoms with Gasteiger partial charge in [0.05, 0.1) is 12.3 Å². The van der Waals surface area contributed by atoms with Crippen LogP contribution in [0.5, 0.6) is 0 Å². The fourth-order valence-corrected chi connectivity index (χ4v) is 2.00. The van der Waals surface area contributed by atoms with E-state index in [9.17, 15) is 9.59 Å². The van der Waals surface area contributed by atoms with Crippen molar-refractivity contribution >= 4 is 40.1 Å². The van der Waals surface area contributed by atoms with Crippen LogP contribution in [0.3, 0.4) is 0 Å². The fraction of sp³-hybridized carbons (Fsp3) is 0.231. The molecule has 0 bridgehead atoms. The van der Waals surface area contributed by atoms with E-state index in [-0.39, 0.29) is 18.2 Å². The lowest BCUT2D eigenvalue weighted by Gasteiger charge is -2.04. The van der Waals surface area contributed by atoms with E-state index in [4.69, 9.17) is 16.3 Å². The minimum atomic E-state index is -0.515. The first-order valence-corrected chi connectivity index (χ1v) is 6.16. The number of hydrogen-bond acceptors (Lipinski definition) is 3. The van der Waals surface area contributed by atoms with Crippen LogP contribution in [0.2, 0.25) is 5.02 Å². The summed E-state index contributed by atoms with van der Waals surface area (Å²) in [4.78, 5) is 26.1. The number of fused-ring (bicyclic) bond motifs is 1. The summed E-state index contributed by atoms with van der Waals surface area (Å²) in [7, 11) is 0. The minimum absolute atomic E-state index is 0.217. The first-order chi connectivity index (χ1) is 9.02. The second kappa shape index (κ2) is 5.32. The molecule has 0 unspecified atom stereocenters. The number of ether oxygens (including phenoxy) is 1. The number of nitrogens with one attached hydrogen (secondary N) is 2. The Morgan fingerprint density at radius 2 is 2.16 bits per heavy atom. The molecule has 19 heavy (non-hydrogen) atoms. The Labute approximate surface area is 114 Å². The molecule has 1 heterocycles. The van der Waals surface area contributed by atoms with Crippen molar-refractivity contribution in [2.24, 2.45) is 0 Å². The lowest BCUT2D eigenvalue weighted by Crippen LogP contribution is -2.12. The zero-order valence-corrected chi connectivity index (χ0v) is 11.3. The third kappa shape index (κ3) is 2.71. The van der Waals surface area contributed by atoms with Crippen LogP contribution in [0.15, 0.2) is 18.2 Å². The number of rotatable bonds is 3. The molecular weight excluding hydrogens is 268 g/mol. The second-order valence-corrected chi connectivity index (χ2v) is 4.40. The van der Waals surface area contributed by atoms with Gasteiger partial charge >= 0.3 is 5.97 Å². The van der Waals surface area contributed by atoms with Gasteiger partial charge in [0.1, 0.15) is 5.69 Å². The first kappa shape index (κ1) is 13.4. The van der Waals surface area contributed by atoms with Crippen molar-refractivity contribution in [3.8, 4) is 0 Å². The largest absolute Gasteiger partial charge is 0.461 e. The zero-order valence-electron chi connectivity index (χ0n) is 10.5. The second-order valence-electron chi connectivity index (χ2n) is 3.97. The third-order valence-corrected chi connectivity index (χ3v) is 2.78. The monoisotopic (exact) mass is 280 g/mol. The van der Waals surface area contributed by atoms with Crippen LogP contribution in [0, 0.1) is 0 Å². The number of anilines is 1. The van der Waals surface area contributed by atoms with E-state index in [2.05, 4.69) is 10.3 Å². The molecule has 1 aromatic carbocycles. The van der Waals surface area contributed by atoms with E-state index in [0.717, 1.165) is 0 Å². The molecule has 0 spiro atoms. The molecule has 0 aliphatic carbocycles. The van der Waals surface area contributed by atoms with Gasteiger partial charge in [-0.05, 0) is 25.1 Å². The summed E-state index contributed by atoms with van der Waals surface area (Å²) in [5.74, 6) is -0.787. The normalized spacial score (nSPS) is 10.5. The average Bonchev–Trinajstić information content (AvgIpc) is 2.67. The van der Waals surface area contributed by atoms with Gasteiger partial charge in [-0.2, -0.15) is 0 Å². The van der Waals surface area contributed by atoms with Gasteiger partial charge in [0, 0.05) is 22.8 Å². The van der Waals surface area contributed by atoms with Gasteiger partial charge in [0.25, 0.3) is 0 Å². The Balaban J connectivity index is 2.61. The van der Waals surface area contributed by atoms with E-state index >= 15 is 0 Å². The van der Waals surface area contributed by atoms with Gasteiger partial charge < -0.3 is 15.0 Å². The number of carbonyl (C=O) groups excluding carboxylic acids is 2. The van der Waals surface area contributed by atoms with Gasteiger partial charge in [-0.25, -0.2) is 4.79 Å². The maximum atomic E-state index is 11.9. The van der Waals surface area contributed by atoms with Crippen LogP contribution in [0.4, 0.5) is 5.69 Å². The summed E-state index contributed by atoms with van der Waals surface area (Å²) in [6.45, 7) is 3.35. The summed E-state index contributed by atoms with van der Waals surface area (Å²) >= 11 is 5.93. The van der Waals surface area contributed by atoms with Crippen molar-refractivity contribution in [2.45, 2.75) is 13.8 Å². The number of amides is 1. The number of halogens is 1. The van der Waals surface area contributed by atoms with Crippen molar-refractivity contribution in [2.75, 3.05) is 11.9 Å². The molecule has 0 radical (unpaired) electrons. The molecule has 0 saturated heterocycles. The van der Waals surface area contributed by atoms with Crippen molar-refractivity contribution < 1.29 is 14.3 Å². The van der Waals surface area contributed by atoms with Gasteiger partial charge in [-0.3, -0.25) is 4.79 Å². The number of hydrogen-bond donors (Lipinski definition) is 2. The smallest absolute Gasteiger partial charge is 0.356 e. The van der Waals surface area contributed by atoms with Crippen LogP contribution in [0.1, 0.15) is 24.3 Å². The molecule has 1 amide bonds. The average molecular weight is 281 g/mol. The summed E-state index contributed by atoms with van der Waals surface area (Å²) < 4.78 is 4.96. The summed E-state index contributed by atoms with van der Waals surface area (Å²) in [6, 6.07) is 5.12. The molecular formula is C13H13ClN2O3. The molecule has 0 fully saturated rings. The Morgan fingerprint density at radius 1 is 1.42 bits per heavy atom. The summed E-state index contributed by atoms with van der Waals surface area (Å²) in [5, 5.41) is 3.83. The molecule has 0 aliphatic heterocycles. The standard InChI is InChI=1S/C13H13ClN2O3/c1-3-19-13(18)12-11(15-7(2)17)9-6-8(14)4-5-10(9)16-12/h4-6,16H,3H2,1-2H3,(H,15,17). The number of esters is 1. The summed E-state index contributed by atoms with van der Waals surface area (Å²) in [5.41, 5.74) is 1.31. The van der Waals surface area contributed by atoms with Crippen LogP contribution in [-0.2, 0) is 9.53 Å². The maximum Gasteiger partial charge on any atom is 0.356 e. The number of aromatic amines is 1. The van der Waals surface area contributed by atoms with Crippen molar-refractivity contribution in [1.29, 1.82) is 0 Å². The predicted molar refractivity (Wildman–Crippen MR) is 73.6 cm³/mol. The van der Waals surface area contributed by atoms with Gasteiger partial charge in [-0.15, -0.1) is 0 Å². The topological polar surface area (TPSA) is 71.2 Å². The highest BCUT2D eigenvalue weighted by molar-refractivity contribution is 6.31. The van der Waals surface area contributed by atoms with Crippen LogP contribution in [-0.4, -0.2) is 23.5 Å². The lowest BCUT2D eigenvalue weighted by atomic mass is 10.2. The van der Waals surface area contributed by atoms with E-state index in [1.54, 1.807) is 25.1 Å². The Bertz CT molecular complexity index is 649. The SMILES string of the molecule is CCOC(=O)c1[nH]c2ccc(Cl)cc2c1NC(C)=O. The predicted octanol–water partition coefficient (Wildman–Crippen LogP) is 2.96. The lowest BCUT2D eigenvalue weighted by molar-refractivity contribution is -0.114. The van der Waals surface area contributed by atoms with Crippen LogP contribution < -0.4 is 5.32 Å². The quantitative estimate of drug-likeness (QED) is 0.849. The molecule has 0 atom stereocenters. The Hall–Kier alpha value is -2.01. The number of carbonyl (C=O) groups is 2. The van der Waals surface area contributed by atoms with E-state index < -0.39 is 5.97 Å². The zero-order chi connectivity index (χ0) is 14.0. The minimum Gasteiger partial charge on any atom is -0.461 e. The molecule has 2 aromatic rings. The van der Waals surface area contributed by atoms with Crippen LogP contribution >= 0.6 is 11.6 Å². The maximum absolute atomic E-state index is 11.9. The van der Waals surface area contributed by atoms with E-state index in [1.165, 1.54) is 6.92 Å². The van der Waals surface area contributed by atoms with Gasteiger partial charge in [0.15, 0.2) is 0 Å². The molecule has 2 rings (SSSR count). The van der Waals surface area contributed by atoms with Crippen molar-refractivity contribution in [3.05, 3.63) is 28.9 Å². The molecule has 0 aliphatic rings. The van der Waals surface area contributed by atoms with E-state index in [0.29, 0.717) is 21.6 Å². The number of benzene rings is 1. The van der Waals surface area contributed by atoms with E-state index in [1.807, 2.05) is 0 Å². The fourth-order valence-electron chi connectivity index (χ4n) is 1.83. The third-order valence-electron chi connectivity index (χ3n) is 2.54. The number of aromatic nitrogens is 1. The van der Waals surface area contributed by atoms with Crippen LogP contribution in [0.25, 0.3) is 10.9 Å². The highest BCUT2D eigenvalue weighted by atomic mass is 35.5. The van der Waals surface area contributed by atoms with Gasteiger partial charge in [-0.1, -0.05) is 11.6 Å². The van der Waals surface area contributed by atoms with Crippen molar-refractivity contribution in [1.82, 2.24) is 4.98 Å². The Kier molecular flexibility index (Phi) is 3.76. The molecule has 1 aromatic heterocycles. The Morgan fingerprint density at radius 3 is 2.79 bits per heavy atom. The summed E-state index contributed by atoms with van der Waals surface area (Å²) in [6.07, 6.45) is 0.